The van der Waals surface area contributed by atoms with E-state index in [1.54, 1.807) is 6.07 Å². The first-order chi connectivity index (χ1) is 9.54. The Balaban J connectivity index is 0.00000220. The number of carbonyl (C=O) groups is 1. The molecule has 0 aromatic heterocycles. The summed E-state index contributed by atoms with van der Waals surface area (Å²) in [6.45, 7) is 2.53. The molecule has 2 atom stereocenters. The van der Waals surface area contributed by atoms with Crippen LogP contribution in [-0.2, 0) is 16.0 Å². The second-order valence-corrected chi connectivity index (χ2v) is 5.98. The van der Waals surface area contributed by atoms with Crippen molar-refractivity contribution in [3.8, 4) is 0 Å². The average molecular weight is 353 g/mol. The third kappa shape index (κ3) is 4.26. The third-order valence-corrected chi connectivity index (χ3v) is 4.54. The van der Waals surface area contributed by atoms with Gasteiger partial charge in [0.1, 0.15) is 0 Å². The summed E-state index contributed by atoms with van der Waals surface area (Å²) in [5.74, 6) is -0.416. The summed E-state index contributed by atoms with van der Waals surface area (Å²) in [6, 6.07) is 3.45. The highest BCUT2D eigenvalue weighted by Gasteiger charge is 2.32. The van der Waals surface area contributed by atoms with Crippen LogP contribution in [0.25, 0.3) is 0 Å². The maximum Gasteiger partial charge on any atom is 0.309 e. The molecule has 118 valence electrons. The van der Waals surface area contributed by atoms with Crippen LogP contribution in [0.2, 0.25) is 10.0 Å². The molecule has 0 heterocycles. The van der Waals surface area contributed by atoms with Crippen molar-refractivity contribution in [2.45, 2.75) is 38.6 Å². The molecule has 1 aliphatic rings. The van der Waals surface area contributed by atoms with E-state index in [4.69, 9.17) is 33.7 Å². The molecule has 1 aliphatic carbocycles. The summed E-state index contributed by atoms with van der Waals surface area (Å²) in [5.41, 5.74) is 8.01. The molecule has 1 aromatic rings. The van der Waals surface area contributed by atoms with Crippen LogP contribution in [0, 0.1) is 5.92 Å². The zero-order chi connectivity index (χ0) is 14.7. The number of nitrogens with two attached hydrogens (primary N) is 1. The van der Waals surface area contributed by atoms with E-state index in [0.29, 0.717) is 29.5 Å². The van der Waals surface area contributed by atoms with Crippen LogP contribution in [0.1, 0.15) is 43.4 Å². The lowest BCUT2D eigenvalue weighted by Crippen LogP contribution is -2.30. The molecule has 0 saturated carbocycles. The first-order valence-electron chi connectivity index (χ1n) is 6.93. The van der Waals surface area contributed by atoms with Gasteiger partial charge in [0.05, 0.1) is 22.6 Å². The molecule has 0 fully saturated rings. The third-order valence-electron chi connectivity index (χ3n) is 3.70. The maximum absolute atomic E-state index is 12.1. The fraction of sp³-hybridized carbons (Fsp3) is 0.533. The Morgan fingerprint density at radius 1 is 1.43 bits per heavy atom. The first-order valence-corrected chi connectivity index (χ1v) is 7.69. The van der Waals surface area contributed by atoms with Gasteiger partial charge < -0.3 is 10.5 Å². The molecule has 3 nitrogen and oxygen atoms in total. The highest BCUT2D eigenvalue weighted by Crippen LogP contribution is 2.39. The lowest BCUT2D eigenvalue weighted by Gasteiger charge is -2.29. The van der Waals surface area contributed by atoms with Gasteiger partial charge in [0, 0.05) is 6.04 Å². The summed E-state index contributed by atoms with van der Waals surface area (Å²) in [7, 11) is 0. The molecule has 2 unspecified atom stereocenters. The molecule has 0 saturated heterocycles. The topological polar surface area (TPSA) is 52.3 Å². The van der Waals surface area contributed by atoms with Crippen molar-refractivity contribution in [1.82, 2.24) is 0 Å². The lowest BCUT2D eigenvalue weighted by atomic mass is 9.81. The van der Waals surface area contributed by atoms with E-state index in [1.165, 1.54) is 0 Å². The van der Waals surface area contributed by atoms with Gasteiger partial charge in [-0.25, -0.2) is 0 Å². The number of rotatable bonds is 4. The Morgan fingerprint density at radius 3 is 2.81 bits per heavy atom. The van der Waals surface area contributed by atoms with E-state index < -0.39 is 0 Å². The second kappa shape index (κ2) is 8.23. The normalized spacial score (nSPS) is 20.4. The van der Waals surface area contributed by atoms with E-state index in [9.17, 15) is 4.79 Å². The highest BCUT2D eigenvalue weighted by atomic mass is 35.5. The summed E-state index contributed by atoms with van der Waals surface area (Å²) >= 11 is 12.3. The fourth-order valence-corrected chi connectivity index (χ4v) is 2.97. The largest absolute Gasteiger partial charge is 0.465 e. The molecule has 2 N–H and O–H groups in total. The van der Waals surface area contributed by atoms with E-state index in [-0.39, 0.29) is 30.3 Å². The molecule has 2 rings (SSSR count). The molecule has 0 spiro atoms. The summed E-state index contributed by atoms with van der Waals surface area (Å²) in [4.78, 5) is 12.1. The second-order valence-electron chi connectivity index (χ2n) is 5.19. The fourth-order valence-electron chi connectivity index (χ4n) is 2.54. The van der Waals surface area contributed by atoms with Crippen LogP contribution < -0.4 is 5.73 Å². The van der Waals surface area contributed by atoms with E-state index in [2.05, 4.69) is 6.92 Å². The summed E-state index contributed by atoms with van der Waals surface area (Å²) in [5, 5.41) is 1.00. The van der Waals surface area contributed by atoms with E-state index in [1.807, 2.05) is 6.07 Å². The smallest absolute Gasteiger partial charge is 0.309 e. The van der Waals surface area contributed by atoms with Crippen molar-refractivity contribution in [3.63, 3.8) is 0 Å². The number of esters is 1. The van der Waals surface area contributed by atoms with Gasteiger partial charge in [-0.15, -0.1) is 12.4 Å². The van der Waals surface area contributed by atoms with Gasteiger partial charge in [-0.1, -0.05) is 42.6 Å². The van der Waals surface area contributed by atoms with Crippen molar-refractivity contribution in [2.24, 2.45) is 11.7 Å². The minimum atomic E-state index is -0.231. The number of ether oxygens (including phenoxy) is 1. The van der Waals surface area contributed by atoms with Crippen molar-refractivity contribution in [2.75, 3.05) is 6.61 Å². The van der Waals surface area contributed by atoms with Gasteiger partial charge in [0.2, 0.25) is 0 Å². The Bertz CT molecular complexity index is 508. The van der Waals surface area contributed by atoms with Crippen LogP contribution in [-0.4, -0.2) is 12.6 Å². The number of hydrogen-bond acceptors (Lipinski definition) is 3. The zero-order valence-electron chi connectivity index (χ0n) is 11.9. The van der Waals surface area contributed by atoms with Crippen molar-refractivity contribution < 1.29 is 9.53 Å². The van der Waals surface area contributed by atoms with Crippen LogP contribution in [0.4, 0.5) is 0 Å². The SMILES string of the molecule is CCCCOC(=O)C1Cc2c(ccc(Cl)c2Cl)C(N)C1.Cl. The number of hydrogen-bond donors (Lipinski definition) is 1. The molecule has 21 heavy (non-hydrogen) atoms. The van der Waals surface area contributed by atoms with E-state index in [0.717, 1.165) is 24.0 Å². The Morgan fingerprint density at radius 2 is 2.14 bits per heavy atom. The predicted molar refractivity (Wildman–Crippen MR) is 88.3 cm³/mol. The predicted octanol–water partition coefficient (Wildman–Crippen LogP) is 4.32. The quantitative estimate of drug-likeness (QED) is 0.648. The molecule has 0 bridgehead atoms. The average Bonchev–Trinajstić information content (AvgIpc) is 2.43. The van der Waals surface area contributed by atoms with Gasteiger partial charge in [-0.2, -0.15) is 0 Å². The van der Waals surface area contributed by atoms with Gasteiger partial charge in [-0.05, 0) is 36.5 Å². The molecule has 0 amide bonds. The van der Waals surface area contributed by atoms with Crippen LogP contribution in [0.15, 0.2) is 12.1 Å². The van der Waals surface area contributed by atoms with Crippen molar-refractivity contribution in [1.29, 1.82) is 0 Å². The van der Waals surface area contributed by atoms with Crippen molar-refractivity contribution in [3.05, 3.63) is 33.3 Å². The Labute approximate surface area is 141 Å². The number of carbonyl (C=O) groups excluding carboxylic acids is 1. The zero-order valence-corrected chi connectivity index (χ0v) is 14.2. The van der Waals surface area contributed by atoms with E-state index >= 15 is 0 Å². The van der Waals surface area contributed by atoms with Crippen LogP contribution in [0.5, 0.6) is 0 Å². The van der Waals surface area contributed by atoms with Crippen molar-refractivity contribution >= 4 is 41.6 Å². The van der Waals surface area contributed by atoms with Gasteiger partial charge >= 0.3 is 5.97 Å². The molecule has 1 aromatic carbocycles. The number of halogens is 3. The monoisotopic (exact) mass is 351 g/mol. The maximum atomic E-state index is 12.1. The van der Waals surface area contributed by atoms with Gasteiger partial charge in [0.15, 0.2) is 0 Å². The van der Waals surface area contributed by atoms with Gasteiger partial charge in [-0.3, -0.25) is 4.79 Å². The van der Waals surface area contributed by atoms with Gasteiger partial charge in [0.25, 0.3) is 0 Å². The minimum absolute atomic E-state index is 0. The molecule has 0 radical (unpaired) electrons. The Hall–Kier alpha value is -0.480. The molecule has 6 heteroatoms. The summed E-state index contributed by atoms with van der Waals surface area (Å²) < 4.78 is 5.28. The molecule has 0 aliphatic heterocycles. The first kappa shape index (κ1) is 18.6. The minimum Gasteiger partial charge on any atom is -0.465 e. The lowest BCUT2D eigenvalue weighted by molar-refractivity contribution is -0.149. The highest BCUT2D eigenvalue weighted by molar-refractivity contribution is 6.42. The Kier molecular flexibility index (Phi) is 7.28. The van der Waals surface area contributed by atoms with Crippen LogP contribution >= 0.6 is 35.6 Å². The standard InChI is InChI=1S/C15H19Cl2NO2.ClH/c1-2-3-6-20-15(19)9-7-11-10(13(18)8-9)4-5-12(16)14(11)17;/h4-5,9,13H,2-3,6-8,18H2,1H3;1H. The number of fused-ring (bicyclic) bond motifs is 1. The molecular weight excluding hydrogens is 333 g/mol. The van der Waals surface area contributed by atoms with Crippen LogP contribution in [0.3, 0.4) is 0 Å². The number of benzene rings is 1. The summed E-state index contributed by atoms with van der Waals surface area (Å²) in [6.07, 6.45) is 3.03. The molecular formula is C15H20Cl3NO2. The number of unbranched alkanes of at least 4 members (excludes halogenated alkanes) is 1.